The molecule has 1 saturated heterocycles. The molecule has 8 heteroatoms. The summed E-state index contributed by atoms with van der Waals surface area (Å²) in [6.07, 6.45) is 1.31. The van der Waals surface area contributed by atoms with Crippen molar-refractivity contribution in [2.24, 2.45) is 0 Å². The van der Waals surface area contributed by atoms with E-state index in [0.717, 1.165) is 12.1 Å². The van der Waals surface area contributed by atoms with Gasteiger partial charge in [-0.2, -0.15) is 4.31 Å². The smallest absolute Gasteiger partial charge is 0.244 e. The second-order valence-electron chi connectivity index (χ2n) is 4.40. The molecule has 0 radical (unpaired) electrons. The van der Waals surface area contributed by atoms with Crippen LogP contribution in [0.2, 0.25) is 0 Å². The molecule has 0 unspecified atom stereocenters. The minimum absolute atomic E-state index is 0.0771. The maximum absolute atomic E-state index is 13.3. The van der Waals surface area contributed by atoms with E-state index in [1.165, 1.54) is 4.31 Å². The van der Waals surface area contributed by atoms with Crippen LogP contribution in [0.15, 0.2) is 21.5 Å². The number of nitrogen functional groups attached to an aromatic ring is 1. The number of benzene rings is 1. The summed E-state index contributed by atoms with van der Waals surface area (Å²) in [6, 6.07) is 1.71. The molecule has 5 nitrogen and oxygen atoms in total. The van der Waals surface area contributed by atoms with E-state index in [9.17, 15) is 17.9 Å². The number of rotatable bonds is 3. The van der Waals surface area contributed by atoms with Crippen LogP contribution in [0.5, 0.6) is 0 Å². The fourth-order valence-corrected chi connectivity index (χ4v) is 4.87. The number of halogens is 2. The zero-order chi connectivity index (χ0) is 14.2. The van der Waals surface area contributed by atoms with Crippen molar-refractivity contribution in [3.63, 3.8) is 0 Å². The van der Waals surface area contributed by atoms with E-state index in [4.69, 9.17) is 5.73 Å². The number of hydrogen-bond acceptors (Lipinski definition) is 4. The minimum atomic E-state index is -3.79. The van der Waals surface area contributed by atoms with Crippen LogP contribution in [-0.2, 0) is 10.0 Å². The first kappa shape index (κ1) is 14.7. The third-order valence-electron chi connectivity index (χ3n) is 3.17. The van der Waals surface area contributed by atoms with Crippen LogP contribution in [0.4, 0.5) is 10.1 Å². The summed E-state index contributed by atoms with van der Waals surface area (Å²) in [7, 11) is -3.79. The molecule has 1 aromatic carbocycles. The van der Waals surface area contributed by atoms with E-state index < -0.39 is 21.9 Å². The minimum Gasteiger partial charge on any atom is -0.396 e. The highest BCUT2D eigenvalue weighted by molar-refractivity contribution is 9.10. The van der Waals surface area contributed by atoms with E-state index in [0.29, 0.717) is 19.4 Å². The van der Waals surface area contributed by atoms with Gasteiger partial charge >= 0.3 is 0 Å². The average molecular weight is 353 g/mol. The molecule has 1 aliphatic rings. The largest absolute Gasteiger partial charge is 0.396 e. The number of hydrogen-bond donors (Lipinski definition) is 2. The van der Waals surface area contributed by atoms with Crippen molar-refractivity contribution in [1.29, 1.82) is 0 Å². The van der Waals surface area contributed by atoms with Gasteiger partial charge in [-0.1, -0.05) is 0 Å². The molecule has 2 rings (SSSR count). The molecule has 0 spiro atoms. The second-order valence-corrected chi connectivity index (χ2v) is 7.11. The van der Waals surface area contributed by atoms with E-state index in [-0.39, 0.29) is 21.7 Å². The van der Waals surface area contributed by atoms with Gasteiger partial charge in [0.15, 0.2) is 0 Å². The Kier molecular flexibility index (Phi) is 4.14. The van der Waals surface area contributed by atoms with Gasteiger partial charge in [-0.3, -0.25) is 0 Å². The highest BCUT2D eigenvalue weighted by Gasteiger charge is 2.36. The Morgan fingerprint density at radius 2 is 2.21 bits per heavy atom. The number of aliphatic hydroxyl groups is 1. The van der Waals surface area contributed by atoms with E-state index in [1.807, 2.05) is 0 Å². The van der Waals surface area contributed by atoms with Gasteiger partial charge in [-0.05, 0) is 40.9 Å². The Morgan fingerprint density at radius 1 is 1.53 bits per heavy atom. The lowest BCUT2D eigenvalue weighted by Crippen LogP contribution is -2.37. The molecular formula is C11H14BrFN2O3S. The predicted octanol–water partition coefficient (Wildman–Crippen LogP) is 1.32. The molecule has 106 valence electrons. The van der Waals surface area contributed by atoms with Gasteiger partial charge in [-0.15, -0.1) is 0 Å². The van der Waals surface area contributed by atoms with Crippen LogP contribution < -0.4 is 5.73 Å². The third kappa shape index (κ3) is 2.62. The van der Waals surface area contributed by atoms with Crippen molar-refractivity contribution in [3.05, 3.63) is 22.4 Å². The summed E-state index contributed by atoms with van der Waals surface area (Å²) >= 11 is 3.04. The molecule has 0 bridgehead atoms. The first-order valence-corrected chi connectivity index (χ1v) is 7.98. The fraction of sp³-hybridized carbons (Fsp3) is 0.455. The van der Waals surface area contributed by atoms with Crippen molar-refractivity contribution in [3.8, 4) is 0 Å². The normalized spacial score (nSPS) is 20.9. The molecule has 1 heterocycles. The van der Waals surface area contributed by atoms with Gasteiger partial charge in [0, 0.05) is 17.1 Å². The summed E-state index contributed by atoms with van der Waals surface area (Å²) in [5.41, 5.74) is 5.20. The lowest BCUT2D eigenvalue weighted by molar-refractivity contribution is 0.213. The Bertz CT molecular complexity index is 594. The molecule has 0 saturated carbocycles. The Hall–Kier alpha value is -0.700. The number of nitrogens with two attached hydrogens (primary N) is 1. The van der Waals surface area contributed by atoms with Crippen LogP contribution in [0, 0.1) is 5.82 Å². The second kappa shape index (κ2) is 5.35. The maximum atomic E-state index is 13.3. The van der Waals surface area contributed by atoms with Gasteiger partial charge in [0.1, 0.15) is 5.82 Å². The van der Waals surface area contributed by atoms with Gasteiger partial charge in [0.05, 0.1) is 17.2 Å². The fourth-order valence-electron chi connectivity index (χ4n) is 2.18. The van der Waals surface area contributed by atoms with Crippen molar-refractivity contribution >= 4 is 31.6 Å². The monoisotopic (exact) mass is 352 g/mol. The predicted molar refractivity (Wildman–Crippen MR) is 72.5 cm³/mol. The highest BCUT2D eigenvalue weighted by Crippen LogP contribution is 2.32. The van der Waals surface area contributed by atoms with Crippen molar-refractivity contribution in [2.45, 2.75) is 23.8 Å². The summed E-state index contributed by atoms with van der Waals surface area (Å²) < 4.78 is 39.6. The third-order valence-corrected chi connectivity index (χ3v) is 6.08. The van der Waals surface area contributed by atoms with Crippen LogP contribution in [-0.4, -0.2) is 37.0 Å². The van der Waals surface area contributed by atoms with E-state index >= 15 is 0 Å². The molecule has 1 aliphatic heterocycles. The maximum Gasteiger partial charge on any atom is 0.244 e. The molecule has 19 heavy (non-hydrogen) atoms. The summed E-state index contributed by atoms with van der Waals surface area (Å²) in [5.74, 6) is -0.675. The van der Waals surface area contributed by atoms with Crippen LogP contribution >= 0.6 is 15.9 Å². The summed E-state index contributed by atoms with van der Waals surface area (Å²) in [4.78, 5) is -0.0771. The molecule has 0 aromatic heterocycles. The standard InChI is InChI=1S/C11H14BrFN2O3S/c12-8-4-9(13)10(14)5-11(8)19(17,18)15-3-1-2-7(15)6-16/h4-5,7,16H,1-3,6,14H2/t7-/m1/s1. The number of aliphatic hydroxyl groups excluding tert-OH is 1. The Morgan fingerprint density at radius 3 is 2.84 bits per heavy atom. The van der Waals surface area contributed by atoms with Crippen LogP contribution in [0.1, 0.15) is 12.8 Å². The van der Waals surface area contributed by atoms with Gasteiger partial charge in [0.25, 0.3) is 0 Å². The molecule has 1 atom stereocenters. The summed E-state index contributed by atoms with van der Waals surface area (Å²) in [6.45, 7) is 0.116. The van der Waals surface area contributed by atoms with Crippen molar-refractivity contribution in [1.82, 2.24) is 4.31 Å². The molecule has 0 aliphatic carbocycles. The van der Waals surface area contributed by atoms with Crippen LogP contribution in [0.25, 0.3) is 0 Å². The van der Waals surface area contributed by atoms with Gasteiger partial charge in [-0.25, -0.2) is 12.8 Å². The number of anilines is 1. The number of nitrogens with zero attached hydrogens (tertiary/aromatic N) is 1. The lowest BCUT2D eigenvalue weighted by Gasteiger charge is -2.23. The van der Waals surface area contributed by atoms with E-state index in [1.54, 1.807) is 0 Å². The summed E-state index contributed by atoms with van der Waals surface area (Å²) in [5, 5.41) is 9.21. The van der Waals surface area contributed by atoms with Gasteiger partial charge < -0.3 is 10.8 Å². The molecule has 1 fully saturated rings. The zero-order valence-electron chi connectivity index (χ0n) is 10.0. The number of sulfonamides is 1. The Labute approximate surface area is 119 Å². The first-order valence-electron chi connectivity index (χ1n) is 5.75. The molecule has 0 amide bonds. The van der Waals surface area contributed by atoms with Gasteiger partial charge in [0.2, 0.25) is 10.0 Å². The lowest BCUT2D eigenvalue weighted by atomic mass is 10.2. The molecule has 1 aromatic rings. The SMILES string of the molecule is Nc1cc(S(=O)(=O)N2CCC[C@@H]2CO)c(Br)cc1F. The molecule has 3 N–H and O–H groups in total. The van der Waals surface area contributed by atoms with Crippen molar-refractivity contribution < 1.29 is 17.9 Å². The quantitative estimate of drug-likeness (QED) is 0.803. The van der Waals surface area contributed by atoms with E-state index in [2.05, 4.69) is 15.9 Å². The topological polar surface area (TPSA) is 83.6 Å². The molecular weight excluding hydrogens is 339 g/mol. The first-order chi connectivity index (χ1) is 8.87. The van der Waals surface area contributed by atoms with Crippen LogP contribution in [0.3, 0.4) is 0 Å². The van der Waals surface area contributed by atoms with Crippen molar-refractivity contribution in [2.75, 3.05) is 18.9 Å². The average Bonchev–Trinajstić information content (AvgIpc) is 2.82. The highest BCUT2D eigenvalue weighted by atomic mass is 79.9. The Balaban J connectivity index is 2.48. The zero-order valence-corrected chi connectivity index (χ0v) is 12.4.